The Hall–Kier alpha value is -2.38. The molecule has 1 aromatic heterocycles. The molecule has 1 aliphatic heterocycles. The second kappa shape index (κ2) is 7.32. The molecule has 1 aliphatic rings. The first kappa shape index (κ1) is 18.0. The summed E-state index contributed by atoms with van der Waals surface area (Å²) in [5.41, 5.74) is 1.86. The number of alkyl halides is 2. The quantitative estimate of drug-likeness (QED) is 0.662. The van der Waals surface area contributed by atoms with Crippen LogP contribution in [0.3, 0.4) is 0 Å². The number of aromatic nitrogens is 2. The number of para-hydroxylation sites is 2. The minimum atomic E-state index is -2.66. The number of halogens is 3. The van der Waals surface area contributed by atoms with E-state index in [1.165, 1.54) is 12.1 Å². The highest BCUT2D eigenvalue weighted by Gasteiger charge is 2.30. The summed E-state index contributed by atoms with van der Waals surface area (Å²) < 4.78 is 47.5. The first-order valence-corrected chi connectivity index (χ1v) is 8.90. The van der Waals surface area contributed by atoms with Gasteiger partial charge in [-0.2, -0.15) is 8.78 Å². The van der Waals surface area contributed by atoms with E-state index >= 15 is 0 Å². The number of hydrogen-bond acceptors (Lipinski definition) is 3. The summed E-state index contributed by atoms with van der Waals surface area (Å²) in [4.78, 5) is 6.55. The molecule has 0 saturated carbocycles. The highest BCUT2D eigenvalue weighted by molar-refractivity contribution is 5.76. The Balaban J connectivity index is 1.62. The van der Waals surface area contributed by atoms with Gasteiger partial charge in [0, 0.05) is 13.1 Å². The van der Waals surface area contributed by atoms with Gasteiger partial charge in [0.2, 0.25) is 0 Å². The molecular formula is C20H20F3N3O. The molecule has 0 radical (unpaired) electrons. The van der Waals surface area contributed by atoms with Gasteiger partial charge in [0.15, 0.2) is 0 Å². The van der Waals surface area contributed by atoms with Crippen molar-refractivity contribution in [1.82, 2.24) is 14.5 Å². The van der Waals surface area contributed by atoms with E-state index < -0.39 is 6.55 Å². The summed E-state index contributed by atoms with van der Waals surface area (Å²) in [7, 11) is 0. The van der Waals surface area contributed by atoms with E-state index in [2.05, 4.69) is 9.88 Å². The minimum Gasteiger partial charge on any atom is -0.371 e. The third-order valence-electron chi connectivity index (χ3n) is 5.08. The highest BCUT2D eigenvalue weighted by Crippen LogP contribution is 2.32. The molecule has 0 aliphatic carbocycles. The van der Waals surface area contributed by atoms with Crippen molar-refractivity contribution in [2.45, 2.75) is 25.6 Å². The Morgan fingerprint density at radius 1 is 1.11 bits per heavy atom. The number of fused-ring (bicyclic) bond motifs is 1. The first-order chi connectivity index (χ1) is 13.0. The minimum absolute atomic E-state index is 0.230. The van der Waals surface area contributed by atoms with Gasteiger partial charge in [0.1, 0.15) is 11.6 Å². The smallest absolute Gasteiger partial charge is 0.320 e. The fraction of sp³-hybridized carbons (Fsp3) is 0.350. The maximum absolute atomic E-state index is 13.7. The number of rotatable bonds is 4. The number of imidazole rings is 1. The molecule has 0 unspecified atom stereocenters. The van der Waals surface area contributed by atoms with Crippen LogP contribution in [0.25, 0.3) is 11.0 Å². The van der Waals surface area contributed by atoms with Crippen molar-refractivity contribution in [2.75, 3.05) is 19.7 Å². The number of hydrogen-bond donors (Lipinski definition) is 0. The van der Waals surface area contributed by atoms with E-state index in [-0.39, 0.29) is 18.0 Å². The summed E-state index contributed by atoms with van der Waals surface area (Å²) in [5, 5.41) is 0. The number of benzene rings is 2. The summed E-state index contributed by atoms with van der Waals surface area (Å²) >= 11 is 0. The predicted molar refractivity (Wildman–Crippen MR) is 96.1 cm³/mol. The zero-order valence-corrected chi connectivity index (χ0v) is 14.9. The van der Waals surface area contributed by atoms with Crippen LogP contribution in [0.4, 0.5) is 13.2 Å². The first-order valence-electron chi connectivity index (χ1n) is 8.90. The lowest BCUT2D eigenvalue weighted by molar-refractivity contribution is -0.0461. The Morgan fingerprint density at radius 2 is 1.85 bits per heavy atom. The molecule has 3 aromatic rings. The molecule has 2 atom stereocenters. The molecule has 0 bridgehead atoms. The average molecular weight is 375 g/mol. The van der Waals surface area contributed by atoms with Crippen LogP contribution in [0.15, 0.2) is 48.5 Å². The predicted octanol–water partition coefficient (Wildman–Crippen LogP) is 4.71. The van der Waals surface area contributed by atoms with E-state index in [0.717, 1.165) is 10.1 Å². The summed E-state index contributed by atoms with van der Waals surface area (Å²) in [6, 6.07) is 12.8. The molecule has 7 heteroatoms. The summed E-state index contributed by atoms with van der Waals surface area (Å²) in [6.45, 7) is 0.836. The van der Waals surface area contributed by atoms with E-state index in [9.17, 15) is 13.2 Å². The number of ether oxygens (including phenoxy) is 1. The van der Waals surface area contributed by atoms with E-state index in [1.54, 1.807) is 36.4 Å². The van der Waals surface area contributed by atoms with Crippen LogP contribution in [-0.2, 0) is 4.74 Å². The molecule has 2 heterocycles. The van der Waals surface area contributed by atoms with Gasteiger partial charge in [-0.05, 0) is 36.8 Å². The molecule has 142 valence electrons. The monoisotopic (exact) mass is 375 g/mol. The Bertz CT molecular complexity index is 926. The third kappa shape index (κ3) is 3.44. The zero-order valence-electron chi connectivity index (χ0n) is 14.9. The maximum atomic E-state index is 13.7. The SMILES string of the molecule is C[C@H](c1nc2ccccc2n1C(F)F)N1CCO[C@@H](c2ccc(F)cc2)C1. The molecule has 1 fully saturated rings. The lowest BCUT2D eigenvalue weighted by Gasteiger charge is -2.36. The fourth-order valence-corrected chi connectivity index (χ4v) is 3.63. The summed E-state index contributed by atoms with van der Waals surface area (Å²) in [6.07, 6.45) is -0.230. The van der Waals surface area contributed by atoms with Gasteiger partial charge in [-0.25, -0.2) is 9.37 Å². The standard InChI is InChI=1S/C20H20F3N3O/c1-13(19-24-16-4-2-3-5-17(16)26(19)20(22)23)25-10-11-27-18(12-25)14-6-8-15(21)9-7-14/h2-9,13,18,20H,10-12H2,1H3/t13-,18-/m1/s1. The van der Waals surface area contributed by atoms with E-state index in [1.807, 2.05) is 6.92 Å². The molecule has 27 heavy (non-hydrogen) atoms. The molecule has 4 rings (SSSR count). The molecule has 4 nitrogen and oxygen atoms in total. The zero-order chi connectivity index (χ0) is 19.0. The van der Waals surface area contributed by atoms with Crippen molar-refractivity contribution < 1.29 is 17.9 Å². The van der Waals surface area contributed by atoms with Crippen molar-refractivity contribution in [3.8, 4) is 0 Å². The van der Waals surface area contributed by atoms with Crippen LogP contribution >= 0.6 is 0 Å². The highest BCUT2D eigenvalue weighted by atomic mass is 19.3. The van der Waals surface area contributed by atoms with Crippen LogP contribution in [0.1, 0.15) is 37.0 Å². The van der Waals surface area contributed by atoms with Gasteiger partial charge >= 0.3 is 6.55 Å². The number of morpholine rings is 1. The summed E-state index contributed by atoms with van der Waals surface area (Å²) in [5.74, 6) is 0.0383. The van der Waals surface area contributed by atoms with Crippen LogP contribution in [-0.4, -0.2) is 34.1 Å². The molecular weight excluding hydrogens is 355 g/mol. The molecule has 1 saturated heterocycles. The Labute approximate surface area is 155 Å². The largest absolute Gasteiger partial charge is 0.371 e. The van der Waals surface area contributed by atoms with Gasteiger partial charge in [0.05, 0.1) is 29.8 Å². The molecule has 0 spiro atoms. The van der Waals surface area contributed by atoms with Crippen molar-refractivity contribution in [2.24, 2.45) is 0 Å². The van der Waals surface area contributed by atoms with Crippen LogP contribution in [0.2, 0.25) is 0 Å². The van der Waals surface area contributed by atoms with Crippen LogP contribution in [0, 0.1) is 5.82 Å². The van der Waals surface area contributed by atoms with Crippen molar-refractivity contribution in [3.63, 3.8) is 0 Å². The lowest BCUT2D eigenvalue weighted by atomic mass is 10.1. The second-order valence-electron chi connectivity index (χ2n) is 6.69. The van der Waals surface area contributed by atoms with Gasteiger partial charge in [-0.3, -0.25) is 9.47 Å². The molecule has 0 N–H and O–H groups in total. The molecule has 0 amide bonds. The van der Waals surface area contributed by atoms with E-state index in [4.69, 9.17) is 4.74 Å². The lowest BCUT2D eigenvalue weighted by Crippen LogP contribution is -2.40. The van der Waals surface area contributed by atoms with Crippen molar-refractivity contribution in [1.29, 1.82) is 0 Å². The normalized spacial score (nSPS) is 19.7. The Kier molecular flexibility index (Phi) is 4.88. The Morgan fingerprint density at radius 3 is 2.59 bits per heavy atom. The van der Waals surface area contributed by atoms with Gasteiger partial charge in [-0.1, -0.05) is 24.3 Å². The maximum Gasteiger partial charge on any atom is 0.320 e. The van der Waals surface area contributed by atoms with Crippen molar-refractivity contribution in [3.05, 3.63) is 65.7 Å². The number of nitrogens with zero attached hydrogens (tertiary/aromatic N) is 3. The topological polar surface area (TPSA) is 30.3 Å². The van der Waals surface area contributed by atoms with E-state index in [0.29, 0.717) is 36.6 Å². The fourth-order valence-electron chi connectivity index (χ4n) is 3.63. The van der Waals surface area contributed by atoms with Gasteiger partial charge < -0.3 is 4.74 Å². The van der Waals surface area contributed by atoms with Crippen molar-refractivity contribution >= 4 is 11.0 Å². The second-order valence-corrected chi connectivity index (χ2v) is 6.69. The van der Waals surface area contributed by atoms with Crippen LogP contribution in [0.5, 0.6) is 0 Å². The van der Waals surface area contributed by atoms with Gasteiger partial charge in [-0.15, -0.1) is 0 Å². The van der Waals surface area contributed by atoms with Gasteiger partial charge in [0.25, 0.3) is 0 Å². The third-order valence-corrected chi connectivity index (χ3v) is 5.08. The molecule has 2 aromatic carbocycles. The van der Waals surface area contributed by atoms with Crippen LogP contribution < -0.4 is 0 Å². The average Bonchev–Trinajstić information content (AvgIpc) is 3.08.